The van der Waals surface area contributed by atoms with Crippen LogP contribution in [-0.4, -0.2) is 17.2 Å². The minimum absolute atomic E-state index is 0.601. The Balaban J connectivity index is 2.81. The van der Waals surface area contributed by atoms with Gasteiger partial charge in [-0.2, -0.15) is 0 Å². The van der Waals surface area contributed by atoms with Crippen molar-refractivity contribution in [2.45, 2.75) is 13.8 Å². The number of hydrogen-bond donors (Lipinski definition) is 2. The Morgan fingerprint density at radius 3 is 2.57 bits per heavy atom. The molecule has 72 valence electrons. The lowest BCUT2D eigenvalue weighted by molar-refractivity contribution is 0.426. The van der Waals surface area contributed by atoms with Crippen molar-refractivity contribution in [3.05, 3.63) is 28.6 Å². The van der Waals surface area contributed by atoms with Gasteiger partial charge in [0.2, 0.25) is 0 Å². The number of benzene rings is 1. The summed E-state index contributed by atoms with van der Waals surface area (Å²) >= 11 is 1.61. The molecular weight excluding hydrogens is 195 g/mol. The average Bonchev–Trinajstić information content (AvgIpc) is 2.43. The molecule has 0 atom stereocenters. The first-order valence-electron chi connectivity index (χ1n) is 4.46. The summed E-state index contributed by atoms with van der Waals surface area (Å²) < 4.78 is 0.984. The summed E-state index contributed by atoms with van der Waals surface area (Å²) in [5.41, 5.74) is 1.83. The molecule has 0 unspecified atom stereocenters. The molecule has 2 N–H and O–H groups in total. The fourth-order valence-electron chi connectivity index (χ4n) is 1.59. The zero-order valence-electron chi connectivity index (χ0n) is 8.11. The third-order valence-electron chi connectivity index (χ3n) is 2.51. The van der Waals surface area contributed by atoms with Crippen molar-refractivity contribution in [2.75, 3.05) is 0 Å². The van der Waals surface area contributed by atoms with Crippen LogP contribution in [-0.2, 0) is 0 Å². The van der Waals surface area contributed by atoms with Crippen LogP contribution < -0.4 is 5.46 Å². The van der Waals surface area contributed by atoms with E-state index in [-0.39, 0.29) is 0 Å². The minimum Gasteiger partial charge on any atom is -0.423 e. The van der Waals surface area contributed by atoms with E-state index in [1.54, 1.807) is 17.4 Å². The molecule has 0 radical (unpaired) electrons. The Kier molecular flexibility index (Phi) is 2.35. The van der Waals surface area contributed by atoms with Crippen LogP contribution in [0.15, 0.2) is 18.2 Å². The summed E-state index contributed by atoms with van der Waals surface area (Å²) in [5, 5.41) is 19.5. The molecule has 0 fully saturated rings. The Hall–Kier alpha value is -0.835. The number of hydrogen-bond acceptors (Lipinski definition) is 3. The van der Waals surface area contributed by atoms with E-state index in [1.807, 2.05) is 19.1 Å². The first kappa shape index (κ1) is 9.71. The molecule has 0 aliphatic heterocycles. The average molecular weight is 206 g/mol. The quantitative estimate of drug-likeness (QED) is 0.688. The normalized spacial score (nSPS) is 10.9. The van der Waals surface area contributed by atoms with Crippen LogP contribution in [0.5, 0.6) is 0 Å². The molecule has 0 amide bonds. The molecule has 1 aromatic heterocycles. The highest BCUT2D eigenvalue weighted by Gasteiger charge is 2.17. The van der Waals surface area contributed by atoms with E-state index in [4.69, 9.17) is 0 Å². The summed E-state index contributed by atoms with van der Waals surface area (Å²) in [5.74, 6) is 0. The van der Waals surface area contributed by atoms with E-state index < -0.39 is 7.12 Å². The lowest BCUT2D eigenvalue weighted by atomic mass is 9.79. The van der Waals surface area contributed by atoms with Gasteiger partial charge >= 0.3 is 7.12 Å². The van der Waals surface area contributed by atoms with Gasteiger partial charge in [0, 0.05) is 9.58 Å². The van der Waals surface area contributed by atoms with Gasteiger partial charge in [0.15, 0.2) is 0 Å². The van der Waals surface area contributed by atoms with Gasteiger partial charge in [-0.25, -0.2) is 0 Å². The summed E-state index contributed by atoms with van der Waals surface area (Å²) in [4.78, 5) is 1.23. The molecule has 0 bridgehead atoms. The van der Waals surface area contributed by atoms with Gasteiger partial charge in [0.1, 0.15) is 0 Å². The molecule has 14 heavy (non-hydrogen) atoms. The summed E-state index contributed by atoms with van der Waals surface area (Å²) in [7, 11) is -1.38. The van der Waals surface area contributed by atoms with Crippen molar-refractivity contribution in [1.29, 1.82) is 0 Å². The van der Waals surface area contributed by atoms with Crippen molar-refractivity contribution >= 4 is 34.0 Å². The van der Waals surface area contributed by atoms with E-state index in [0.29, 0.717) is 5.46 Å². The van der Waals surface area contributed by atoms with Crippen molar-refractivity contribution in [2.24, 2.45) is 0 Å². The predicted octanol–water partition coefficient (Wildman–Crippen LogP) is 1.20. The molecule has 0 spiro atoms. The van der Waals surface area contributed by atoms with Gasteiger partial charge < -0.3 is 10.0 Å². The van der Waals surface area contributed by atoms with Crippen LogP contribution in [0.25, 0.3) is 10.1 Å². The maximum absolute atomic E-state index is 9.18. The molecule has 4 heteroatoms. The summed E-state index contributed by atoms with van der Waals surface area (Å²) in [6.45, 7) is 4.11. The number of rotatable bonds is 1. The highest BCUT2D eigenvalue weighted by Crippen LogP contribution is 2.28. The highest BCUT2D eigenvalue weighted by molar-refractivity contribution is 7.20. The zero-order chi connectivity index (χ0) is 10.3. The van der Waals surface area contributed by atoms with Crippen LogP contribution in [0.3, 0.4) is 0 Å². The van der Waals surface area contributed by atoms with E-state index >= 15 is 0 Å². The van der Waals surface area contributed by atoms with Crippen molar-refractivity contribution < 1.29 is 10.0 Å². The smallest absolute Gasteiger partial charge is 0.423 e. The third kappa shape index (κ3) is 1.36. The lowest BCUT2D eigenvalue weighted by Crippen LogP contribution is -2.29. The molecule has 0 saturated carbocycles. The summed E-state index contributed by atoms with van der Waals surface area (Å²) in [6.07, 6.45) is 0. The highest BCUT2D eigenvalue weighted by atomic mass is 32.1. The largest absolute Gasteiger partial charge is 0.489 e. The fourth-order valence-corrected chi connectivity index (χ4v) is 2.78. The molecule has 1 heterocycles. The monoisotopic (exact) mass is 206 g/mol. The second-order valence-electron chi connectivity index (χ2n) is 3.38. The Morgan fingerprint density at radius 2 is 1.93 bits per heavy atom. The SMILES string of the molecule is Cc1sc2c(B(O)O)cccc2c1C. The van der Waals surface area contributed by atoms with Crippen LogP contribution in [0.1, 0.15) is 10.4 Å². The Bertz CT molecular complexity index is 476. The molecular formula is C10H11BO2S. The van der Waals surface area contributed by atoms with E-state index in [9.17, 15) is 10.0 Å². The zero-order valence-corrected chi connectivity index (χ0v) is 8.93. The number of aryl methyl sites for hydroxylation is 2. The van der Waals surface area contributed by atoms with E-state index in [2.05, 4.69) is 6.92 Å². The Morgan fingerprint density at radius 1 is 1.21 bits per heavy atom. The standard InChI is InChI=1S/C10H11BO2S/c1-6-7(2)14-10-8(6)4-3-5-9(10)11(12)13/h3-5,12-13H,1-2H3. The van der Waals surface area contributed by atoms with Gasteiger partial charge in [-0.1, -0.05) is 18.2 Å². The predicted molar refractivity (Wildman–Crippen MR) is 61.1 cm³/mol. The fraction of sp³-hybridized carbons (Fsp3) is 0.200. The van der Waals surface area contributed by atoms with E-state index in [0.717, 1.165) is 10.1 Å². The maximum Gasteiger partial charge on any atom is 0.489 e. The van der Waals surface area contributed by atoms with Crippen LogP contribution in [0.2, 0.25) is 0 Å². The molecule has 2 rings (SSSR count). The maximum atomic E-state index is 9.18. The van der Waals surface area contributed by atoms with Crippen molar-refractivity contribution in [3.63, 3.8) is 0 Å². The number of fused-ring (bicyclic) bond motifs is 1. The number of thiophene rings is 1. The molecule has 0 aliphatic rings. The molecule has 2 aromatic rings. The van der Waals surface area contributed by atoms with Crippen LogP contribution in [0.4, 0.5) is 0 Å². The lowest BCUT2D eigenvalue weighted by Gasteiger charge is -2.00. The molecule has 0 aliphatic carbocycles. The van der Waals surface area contributed by atoms with Crippen LogP contribution >= 0.6 is 11.3 Å². The summed E-state index contributed by atoms with van der Waals surface area (Å²) in [6, 6.07) is 5.62. The van der Waals surface area contributed by atoms with Gasteiger partial charge in [0.25, 0.3) is 0 Å². The van der Waals surface area contributed by atoms with Gasteiger partial charge in [-0.3, -0.25) is 0 Å². The second kappa shape index (κ2) is 3.39. The van der Waals surface area contributed by atoms with Gasteiger partial charge in [-0.15, -0.1) is 11.3 Å². The third-order valence-corrected chi connectivity index (χ3v) is 3.78. The Labute approximate surface area is 87.0 Å². The second-order valence-corrected chi connectivity index (χ2v) is 4.61. The van der Waals surface area contributed by atoms with E-state index in [1.165, 1.54) is 10.4 Å². The topological polar surface area (TPSA) is 40.5 Å². The van der Waals surface area contributed by atoms with Crippen LogP contribution in [0, 0.1) is 13.8 Å². The molecule has 0 saturated heterocycles. The molecule has 1 aromatic carbocycles. The first-order valence-corrected chi connectivity index (χ1v) is 5.27. The molecule has 2 nitrogen and oxygen atoms in total. The first-order chi connectivity index (χ1) is 6.61. The minimum atomic E-state index is -1.38. The van der Waals surface area contributed by atoms with Crippen molar-refractivity contribution in [1.82, 2.24) is 0 Å². The van der Waals surface area contributed by atoms with Crippen molar-refractivity contribution in [3.8, 4) is 0 Å². The van der Waals surface area contributed by atoms with Gasteiger partial charge in [0.05, 0.1) is 0 Å². The van der Waals surface area contributed by atoms with Gasteiger partial charge in [-0.05, 0) is 30.3 Å².